The van der Waals surface area contributed by atoms with E-state index in [1.54, 1.807) is 11.1 Å². The molecule has 0 spiro atoms. The van der Waals surface area contributed by atoms with Gasteiger partial charge in [0.2, 0.25) is 0 Å². The fourth-order valence-electron chi connectivity index (χ4n) is 2.93. The SMILES string of the molecule is Cc1ccc(CN(C(=O)COc2cc(C)cc(C)c2)c2ccccn2)cc1. The lowest BCUT2D eigenvalue weighted by Crippen LogP contribution is -2.35. The first-order valence-corrected chi connectivity index (χ1v) is 8.99. The number of aromatic nitrogens is 1. The van der Waals surface area contributed by atoms with Crippen molar-refractivity contribution < 1.29 is 9.53 Å². The summed E-state index contributed by atoms with van der Waals surface area (Å²) in [7, 11) is 0. The Morgan fingerprint density at radius 1 is 0.926 bits per heavy atom. The van der Waals surface area contributed by atoms with Crippen molar-refractivity contribution in [2.75, 3.05) is 11.5 Å². The monoisotopic (exact) mass is 360 g/mol. The van der Waals surface area contributed by atoms with Crippen LogP contribution in [-0.4, -0.2) is 17.5 Å². The molecule has 4 heteroatoms. The molecule has 0 radical (unpaired) electrons. The molecule has 0 fully saturated rings. The number of rotatable bonds is 6. The van der Waals surface area contributed by atoms with E-state index >= 15 is 0 Å². The van der Waals surface area contributed by atoms with Gasteiger partial charge in [-0.25, -0.2) is 4.98 Å². The number of pyridine rings is 1. The number of hydrogen-bond acceptors (Lipinski definition) is 3. The van der Waals surface area contributed by atoms with Crippen molar-refractivity contribution in [3.63, 3.8) is 0 Å². The van der Waals surface area contributed by atoms with Crippen molar-refractivity contribution in [3.05, 3.63) is 89.1 Å². The Balaban J connectivity index is 1.77. The second-order valence-corrected chi connectivity index (χ2v) is 6.77. The van der Waals surface area contributed by atoms with Crippen LogP contribution in [0.1, 0.15) is 22.3 Å². The molecular formula is C23H24N2O2. The van der Waals surface area contributed by atoms with Gasteiger partial charge in [-0.1, -0.05) is 42.0 Å². The summed E-state index contributed by atoms with van der Waals surface area (Å²) in [6.07, 6.45) is 1.69. The molecule has 0 bridgehead atoms. The van der Waals surface area contributed by atoms with E-state index in [0.717, 1.165) is 16.7 Å². The molecule has 27 heavy (non-hydrogen) atoms. The number of hydrogen-bond donors (Lipinski definition) is 0. The van der Waals surface area contributed by atoms with E-state index in [4.69, 9.17) is 4.74 Å². The molecule has 3 rings (SSSR count). The number of amides is 1. The molecule has 3 aromatic rings. The second-order valence-electron chi connectivity index (χ2n) is 6.77. The molecule has 1 aromatic heterocycles. The zero-order chi connectivity index (χ0) is 19.2. The maximum Gasteiger partial charge on any atom is 0.266 e. The van der Waals surface area contributed by atoms with Gasteiger partial charge in [0, 0.05) is 6.20 Å². The van der Waals surface area contributed by atoms with E-state index < -0.39 is 0 Å². The molecular weight excluding hydrogens is 336 g/mol. The first-order valence-electron chi connectivity index (χ1n) is 8.99. The van der Waals surface area contributed by atoms with Crippen LogP contribution in [-0.2, 0) is 11.3 Å². The minimum absolute atomic E-state index is 0.0364. The highest BCUT2D eigenvalue weighted by Gasteiger charge is 2.18. The van der Waals surface area contributed by atoms with Crippen LogP contribution < -0.4 is 9.64 Å². The molecule has 1 amide bonds. The zero-order valence-corrected chi connectivity index (χ0v) is 16.0. The molecule has 2 aromatic carbocycles. The van der Waals surface area contributed by atoms with Gasteiger partial charge in [-0.15, -0.1) is 0 Å². The Bertz CT molecular complexity index is 885. The molecule has 0 unspecified atom stereocenters. The highest BCUT2D eigenvalue weighted by molar-refractivity contribution is 5.93. The fraction of sp³-hybridized carbons (Fsp3) is 0.217. The number of nitrogens with zero attached hydrogens (tertiary/aromatic N) is 2. The van der Waals surface area contributed by atoms with E-state index in [0.29, 0.717) is 18.1 Å². The summed E-state index contributed by atoms with van der Waals surface area (Å²) >= 11 is 0. The Labute approximate surface area is 160 Å². The van der Waals surface area contributed by atoms with E-state index in [9.17, 15) is 4.79 Å². The normalized spacial score (nSPS) is 10.5. The number of carbonyl (C=O) groups is 1. The highest BCUT2D eigenvalue weighted by Crippen LogP contribution is 2.18. The third-order valence-electron chi connectivity index (χ3n) is 4.25. The smallest absolute Gasteiger partial charge is 0.266 e. The van der Waals surface area contributed by atoms with Crippen LogP contribution in [0.4, 0.5) is 5.82 Å². The third-order valence-corrected chi connectivity index (χ3v) is 4.25. The molecule has 0 aliphatic heterocycles. The van der Waals surface area contributed by atoms with Gasteiger partial charge in [0.25, 0.3) is 5.91 Å². The topological polar surface area (TPSA) is 42.4 Å². The minimum atomic E-state index is -0.131. The molecule has 138 valence electrons. The molecule has 0 saturated carbocycles. The molecule has 1 heterocycles. The van der Waals surface area contributed by atoms with Crippen molar-refractivity contribution in [1.29, 1.82) is 0 Å². The number of aryl methyl sites for hydroxylation is 3. The van der Waals surface area contributed by atoms with Crippen LogP contribution in [0.2, 0.25) is 0 Å². The first-order chi connectivity index (χ1) is 13.0. The minimum Gasteiger partial charge on any atom is -0.484 e. The van der Waals surface area contributed by atoms with E-state index in [1.807, 2.05) is 75.4 Å². The second kappa shape index (κ2) is 8.49. The molecule has 0 aliphatic carbocycles. The third kappa shape index (κ3) is 5.17. The van der Waals surface area contributed by atoms with Crippen LogP contribution in [0.15, 0.2) is 66.9 Å². The lowest BCUT2D eigenvalue weighted by atomic mass is 10.1. The summed E-state index contributed by atoms with van der Waals surface area (Å²) in [5.74, 6) is 1.19. The summed E-state index contributed by atoms with van der Waals surface area (Å²) in [5, 5.41) is 0. The van der Waals surface area contributed by atoms with Gasteiger partial charge in [-0.3, -0.25) is 9.69 Å². The van der Waals surface area contributed by atoms with Crippen molar-refractivity contribution in [3.8, 4) is 5.75 Å². The van der Waals surface area contributed by atoms with Crippen LogP contribution in [0.3, 0.4) is 0 Å². The number of anilines is 1. The molecule has 0 saturated heterocycles. The van der Waals surface area contributed by atoms with Crippen LogP contribution >= 0.6 is 0 Å². The van der Waals surface area contributed by atoms with Gasteiger partial charge < -0.3 is 4.74 Å². The molecule has 0 atom stereocenters. The standard InChI is InChI=1S/C23H24N2O2/c1-17-7-9-20(10-8-17)15-25(22-6-4-5-11-24-22)23(26)16-27-21-13-18(2)12-19(3)14-21/h4-14H,15-16H2,1-3H3. The van der Waals surface area contributed by atoms with Crippen molar-refractivity contribution >= 4 is 11.7 Å². The summed E-state index contributed by atoms with van der Waals surface area (Å²) in [5.41, 5.74) is 4.45. The van der Waals surface area contributed by atoms with Gasteiger partial charge in [-0.2, -0.15) is 0 Å². The van der Waals surface area contributed by atoms with Gasteiger partial charge in [0.1, 0.15) is 11.6 Å². The summed E-state index contributed by atoms with van der Waals surface area (Å²) in [6, 6.07) is 19.6. The van der Waals surface area contributed by atoms with Gasteiger partial charge in [-0.05, 0) is 61.7 Å². The summed E-state index contributed by atoms with van der Waals surface area (Å²) < 4.78 is 5.77. The van der Waals surface area contributed by atoms with Crippen molar-refractivity contribution in [1.82, 2.24) is 4.98 Å². The van der Waals surface area contributed by atoms with Crippen molar-refractivity contribution in [2.45, 2.75) is 27.3 Å². The average molecular weight is 360 g/mol. The summed E-state index contributed by atoms with van der Waals surface area (Å²) in [6.45, 7) is 6.49. The lowest BCUT2D eigenvalue weighted by Gasteiger charge is -2.22. The fourth-order valence-corrected chi connectivity index (χ4v) is 2.93. The van der Waals surface area contributed by atoms with Gasteiger partial charge in [0.05, 0.1) is 6.54 Å². The quantitative estimate of drug-likeness (QED) is 0.644. The largest absolute Gasteiger partial charge is 0.484 e. The van der Waals surface area contributed by atoms with Crippen LogP contribution in [0.25, 0.3) is 0 Å². The molecule has 0 aliphatic rings. The van der Waals surface area contributed by atoms with E-state index in [2.05, 4.69) is 11.1 Å². The van der Waals surface area contributed by atoms with Gasteiger partial charge in [0.15, 0.2) is 6.61 Å². The van der Waals surface area contributed by atoms with E-state index in [-0.39, 0.29) is 12.5 Å². The zero-order valence-electron chi connectivity index (χ0n) is 16.0. The van der Waals surface area contributed by atoms with Crippen molar-refractivity contribution in [2.24, 2.45) is 0 Å². The molecule has 0 N–H and O–H groups in total. The number of carbonyl (C=O) groups excluding carboxylic acids is 1. The molecule has 4 nitrogen and oxygen atoms in total. The Morgan fingerprint density at radius 3 is 2.26 bits per heavy atom. The predicted octanol–water partition coefficient (Wildman–Crippen LogP) is 4.62. The number of ether oxygens (including phenoxy) is 1. The Hall–Kier alpha value is -3.14. The van der Waals surface area contributed by atoms with Crippen LogP contribution in [0.5, 0.6) is 5.75 Å². The number of benzene rings is 2. The Morgan fingerprint density at radius 2 is 1.63 bits per heavy atom. The highest BCUT2D eigenvalue weighted by atomic mass is 16.5. The predicted molar refractivity (Wildman–Crippen MR) is 108 cm³/mol. The first kappa shape index (κ1) is 18.6. The maximum atomic E-state index is 12.9. The lowest BCUT2D eigenvalue weighted by molar-refractivity contribution is -0.120. The van der Waals surface area contributed by atoms with E-state index in [1.165, 1.54) is 5.56 Å². The maximum absolute atomic E-state index is 12.9. The van der Waals surface area contributed by atoms with Gasteiger partial charge >= 0.3 is 0 Å². The van der Waals surface area contributed by atoms with Crippen LogP contribution in [0, 0.1) is 20.8 Å². The summed E-state index contributed by atoms with van der Waals surface area (Å²) in [4.78, 5) is 18.9. The Kier molecular flexibility index (Phi) is 5.87. The average Bonchev–Trinajstić information content (AvgIpc) is 2.65.